The van der Waals surface area contributed by atoms with Crippen LogP contribution in [0.15, 0.2) is 72.8 Å². The molecule has 0 amide bonds. The largest absolute Gasteiger partial charge is 0.543 e. The summed E-state index contributed by atoms with van der Waals surface area (Å²) in [5.41, 5.74) is 2.67. The van der Waals surface area contributed by atoms with Gasteiger partial charge < -0.3 is 14.3 Å². The Labute approximate surface area is 185 Å². The fraction of sp³-hybridized carbons (Fsp3) is 0.269. The zero-order valence-electron chi connectivity index (χ0n) is 18.8. The number of carbonyl (C=O) groups is 1. The van der Waals surface area contributed by atoms with Gasteiger partial charge in [0.1, 0.15) is 23.7 Å². The van der Waals surface area contributed by atoms with Crippen LogP contribution in [0, 0.1) is 0 Å². The first-order valence-electron chi connectivity index (χ1n) is 10.4. The number of hydrogen-bond donors (Lipinski definition) is 1. The summed E-state index contributed by atoms with van der Waals surface area (Å²) in [6, 6.07) is 22.2. The molecule has 3 aromatic rings. The Hall–Kier alpha value is -3.05. The molecule has 0 spiro atoms. The molecule has 0 aliphatic carbocycles. The molecule has 4 nitrogen and oxygen atoms in total. The van der Waals surface area contributed by atoms with Crippen molar-refractivity contribution in [1.82, 2.24) is 0 Å². The maximum atomic E-state index is 13.1. The third-order valence-electron chi connectivity index (χ3n) is 5.75. The van der Waals surface area contributed by atoms with Crippen LogP contribution in [0.2, 0.25) is 18.1 Å². The molecule has 0 aliphatic rings. The lowest BCUT2D eigenvalue weighted by Crippen LogP contribution is -2.44. The minimum absolute atomic E-state index is 0.00639. The second-order valence-electron chi connectivity index (χ2n) is 9.16. The average Bonchev–Trinajstić information content (AvgIpc) is 2.73. The number of benzene rings is 3. The van der Waals surface area contributed by atoms with Crippen LogP contribution in [0.3, 0.4) is 0 Å². The summed E-state index contributed by atoms with van der Waals surface area (Å²) >= 11 is 0. The number of esters is 1. The Balaban J connectivity index is 2.06. The van der Waals surface area contributed by atoms with Crippen LogP contribution < -0.4 is 4.43 Å². The van der Waals surface area contributed by atoms with Crippen LogP contribution in [0.5, 0.6) is 11.5 Å². The maximum absolute atomic E-state index is 13.1. The van der Waals surface area contributed by atoms with Gasteiger partial charge in [0.05, 0.1) is 0 Å². The van der Waals surface area contributed by atoms with Crippen molar-refractivity contribution in [2.24, 2.45) is 0 Å². The summed E-state index contributed by atoms with van der Waals surface area (Å²) in [6.07, 6.45) is 0. The third kappa shape index (κ3) is 5.36. The number of hydrogen-bond acceptors (Lipinski definition) is 4. The Bertz CT molecular complexity index is 1040. The highest BCUT2D eigenvalue weighted by atomic mass is 28.4. The molecular weight excluding hydrogens is 404 g/mol. The molecule has 31 heavy (non-hydrogen) atoms. The molecule has 162 valence electrons. The van der Waals surface area contributed by atoms with Crippen molar-refractivity contribution in [2.75, 3.05) is 0 Å². The third-order valence-corrected chi connectivity index (χ3v) is 10.1. The molecule has 0 saturated heterocycles. The van der Waals surface area contributed by atoms with Gasteiger partial charge in [0.2, 0.25) is 0 Å². The van der Waals surface area contributed by atoms with Crippen LogP contribution in [-0.4, -0.2) is 19.4 Å². The molecule has 0 radical (unpaired) electrons. The molecule has 0 atom stereocenters. The Morgan fingerprint density at radius 1 is 0.935 bits per heavy atom. The Kier molecular flexibility index (Phi) is 6.55. The monoisotopic (exact) mass is 434 g/mol. The predicted molar refractivity (Wildman–Crippen MR) is 127 cm³/mol. The lowest BCUT2D eigenvalue weighted by atomic mass is 10.0. The van der Waals surface area contributed by atoms with Gasteiger partial charge in [0.25, 0.3) is 8.32 Å². The number of carbonyl (C=O) groups excluding carboxylic acids is 1. The Morgan fingerprint density at radius 2 is 1.52 bits per heavy atom. The topological polar surface area (TPSA) is 55.8 Å². The highest BCUT2D eigenvalue weighted by Crippen LogP contribution is 2.43. The quantitative estimate of drug-likeness (QED) is 0.342. The summed E-state index contributed by atoms with van der Waals surface area (Å²) in [6.45, 7) is 10.9. The van der Waals surface area contributed by atoms with Crippen LogP contribution in [0.4, 0.5) is 0 Å². The summed E-state index contributed by atoms with van der Waals surface area (Å²) in [4.78, 5) is 13.1. The van der Waals surface area contributed by atoms with Gasteiger partial charge in [-0.1, -0.05) is 81.4 Å². The van der Waals surface area contributed by atoms with Crippen LogP contribution in [0.1, 0.15) is 36.7 Å². The average molecular weight is 435 g/mol. The fourth-order valence-corrected chi connectivity index (χ4v) is 3.95. The fourth-order valence-electron chi connectivity index (χ4n) is 2.92. The first-order valence-corrected chi connectivity index (χ1v) is 13.3. The second kappa shape index (κ2) is 8.98. The molecule has 3 rings (SSSR count). The zero-order chi connectivity index (χ0) is 22.6. The highest BCUT2D eigenvalue weighted by molar-refractivity contribution is 6.74. The molecule has 0 fully saturated rings. The van der Waals surface area contributed by atoms with E-state index in [0.717, 1.165) is 11.1 Å². The van der Waals surface area contributed by atoms with E-state index in [1.165, 1.54) is 6.07 Å². The molecule has 1 N–H and O–H groups in total. The molecule has 0 saturated carbocycles. The van der Waals surface area contributed by atoms with Crippen molar-refractivity contribution in [2.45, 2.75) is 45.5 Å². The van der Waals surface area contributed by atoms with Crippen molar-refractivity contribution in [3.8, 4) is 22.6 Å². The lowest BCUT2D eigenvalue weighted by molar-refractivity contribution is 0.0470. The normalized spacial score (nSPS) is 11.8. The van der Waals surface area contributed by atoms with Crippen molar-refractivity contribution in [1.29, 1.82) is 0 Å². The van der Waals surface area contributed by atoms with Gasteiger partial charge in [0, 0.05) is 5.56 Å². The molecule has 0 heterocycles. The molecule has 5 heteroatoms. The van der Waals surface area contributed by atoms with E-state index in [2.05, 4.69) is 33.9 Å². The van der Waals surface area contributed by atoms with E-state index in [9.17, 15) is 9.90 Å². The molecule has 0 aromatic heterocycles. The van der Waals surface area contributed by atoms with E-state index < -0.39 is 14.3 Å². The number of rotatable bonds is 6. The minimum Gasteiger partial charge on any atom is -0.543 e. The van der Waals surface area contributed by atoms with E-state index in [0.29, 0.717) is 11.3 Å². The number of aromatic hydroxyl groups is 1. The number of phenols is 1. The number of ether oxygens (including phenoxy) is 1. The second-order valence-corrected chi connectivity index (χ2v) is 13.9. The lowest BCUT2D eigenvalue weighted by Gasteiger charge is -2.37. The van der Waals surface area contributed by atoms with Crippen LogP contribution in [0.25, 0.3) is 11.1 Å². The first-order chi connectivity index (χ1) is 14.6. The summed E-state index contributed by atoms with van der Waals surface area (Å²) in [5.74, 6) is -0.0626. The van der Waals surface area contributed by atoms with Crippen molar-refractivity contribution >= 4 is 14.3 Å². The molecular formula is C26H30O4Si. The molecule has 0 aliphatic heterocycles. The smallest absolute Gasteiger partial charge is 0.342 e. The van der Waals surface area contributed by atoms with Crippen LogP contribution >= 0.6 is 0 Å². The number of phenolic OH excluding ortho intramolecular Hbond substituents is 1. The van der Waals surface area contributed by atoms with E-state index in [1.807, 2.05) is 60.7 Å². The van der Waals surface area contributed by atoms with Gasteiger partial charge >= 0.3 is 5.97 Å². The molecule has 3 aromatic carbocycles. The van der Waals surface area contributed by atoms with E-state index in [-0.39, 0.29) is 23.0 Å². The van der Waals surface area contributed by atoms with Gasteiger partial charge in [0.15, 0.2) is 0 Å². The standard InChI is InChI=1S/C26H30O4Si/c1-26(2,3)31(4,5)30-24-22(20-14-10-7-11-15-20)16-21(27)17-23(24)25(28)29-18-19-12-8-6-9-13-19/h6-17,27H,18H2,1-5H3. The SMILES string of the molecule is CC(C)(C)[Si](C)(C)Oc1c(C(=O)OCc2ccccc2)cc(O)cc1-c1ccccc1. The van der Waals surface area contributed by atoms with Crippen LogP contribution in [-0.2, 0) is 11.3 Å². The predicted octanol–water partition coefficient (Wildman–Crippen LogP) is 6.80. The zero-order valence-corrected chi connectivity index (χ0v) is 19.8. The van der Waals surface area contributed by atoms with Gasteiger partial charge in [-0.25, -0.2) is 4.79 Å². The summed E-state index contributed by atoms with van der Waals surface area (Å²) < 4.78 is 12.2. The van der Waals surface area contributed by atoms with Crippen molar-refractivity contribution in [3.63, 3.8) is 0 Å². The Morgan fingerprint density at radius 3 is 2.10 bits per heavy atom. The molecule has 0 bridgehead atoms. The van der Waals surface area contributed by atoms with Gasteiger partial charge in [-0.15, -0.1) is 0 Å². The minimum atomic E-state index is -2.28. The van der Waals surface area contributed by atoms with Crippen molar-refractivity contribution < 1.29 is 19.1 Å². The van der Waals surface area contributed by atoms with Gasteiger partial charge in [-0.3, -0.25) is 0 Å². The van der Waals surface area contributed by atoms with Gasteiger partial charge in [-0.05, 0) is 41.4 Å². The first kappa shape index (κ1) is 22.6. The van der Waals surface area contributed by atoms with Crippen molar-refractivity contribution in [3.05, 3.63) is 83.9 Å². The maximum Gasteiger partial charge on any atom is 0.342 e. The van der Waals surface area contributed by atoms with E-state index >= 15 is 0 Å². The van der Waals surface area contributed by atoms with E-state index in [1.54, 1.807) is 6.07 Å². The summed E-state index contributed by atoms with van der Waals surface area (Å²) in [7, 11) is -2.28. The highest BCUT2D eigenvalue weighted by Gasteiger charge is 2.40. The molecule has 0 unspecified atom stereocenters. The van der Waals surface area contributed by atoms with E-state index in [4.69, 9.17) is 9.16 Å². The summed E-state index contributed by atoms with van der Waals surface area (Å²) in [5, 5.41) is 10.4. The van der Waals surface area contributed by atoms with Gasteiger partial charge in [-0.2, -0.15) is 0 Å².